The van der Waals surface area contributed by atoms with Gasteiger partial charge < -0.3 is 9.73 Å². The number of amides is 1. The van der Waals surface area contributed by atoms with Crippen LogP contribution in [0.2, 0.25) is 0 Å². The third kappa shape index (κ3) is 4.57. The lowest BCUT2D eigenvalue weighted by Gasteiger charge is -2.20. The number of carbonyl (C=O) groups excluding carboxylic acids is 1. The number of hydrogen-bond donors (Lipinski definition) is 1. The first-order valence-electron chi connectivity index (χ1n) is 8.51. The van der Waals surface area contributed by atoms with Gasteiger partial charge in [0.2, 0.25) is 11.8 Å². The molecule has 0 spiro atoms. The van der Waals surface area contributed by atoms with Crippen molar-refractivity contribution in [2.24, 2.45) is 5.92 Å². The van der Waals surface area contributed by atoms with Gasteiger partial charge in [0, 0.05) is 12.2 Å². The molecule has 0 radical (unpaired) electrons. The zero-order valence-electron chi connectivity index (χ0n) is 14.5. The molecular weight excluding hydrogens is 312 g/mol. The number of nitrogens with zero attached hydrogens (tertiary/aromatic N) is 1. The van der Waals surface area contributed by atoms with Crippen molar-refractivity contribution in [2.45, 2.75) is 26.3 Å². The number of rotatable bonds is 6. The molecule has 0 aliphatic rings. The van der Waals surface area contributed by atoms with Crippen molar-refractivity contribution >= 4 is 23.1 Å². The van der Waals surface area contributed by atoms with Gasteiger partial charge in [-0.1, -0.05) is 56.3 Å². The zero-order chi connectivity index (χ0) is 17.6. The van der Waals surface area contributed by atoms with E-state index >= 15 is 0 Å². The molecule has 3 rings (SSSR count). The minimum absolute atomic E-state index is 0.0121. The molecule has 128 valence electrons. The second kappa shape index (κ2) is 7.79. The van der Waals surface area contributed by atoms with Crippen molar-refractivity contribution in [3.63, 3.8) is 0 Å². The molecule has 2 aromatic carbocycles. The maximum Gasteiger partial charge on any atom is 0.244 e. The van der Waals surface area contributed by atoms with Gasteiger partial charge in [0.1, 0.15) is 5.52 Å². The molecule has 1 unspecified atom stereocenters. The molecule has 1 heterocycles. The van der Waals surface area contributed by atoms with Gasteiger partial charge in [0.15, 0.2) is 5.58 Å². The van der Waals surface area contributed by atoms with Crippen molar-refractivity contribution in [3.8, 4) is 0 Å². The fraction of sp³-hybridized carbons (Fsp3) is 0.238. The summed E-state index contributed by atoms with van der Waals surface area (Å²) in [7, 11) is 0. The van der Waals surface area contributed by atoms with E-state index in [4.69, 9.17) is 4.42 Å². The topological polar surface area (TPSA) is 55.1 Å². The maximum atomic E-state index is 12.3. The summed E-state index contributed by atoms with van der Waals surface area (Å²) in [6.45, 7) is 4.30. The van der Waals surface area contributed by atoms with Crippen LogP contribution in [0.1, 0.15) is 37.8 Å². The lowest BCUT2D eigenvalue weighted by Crippen LogP contribution is -2.27. The molecule has 0 saturated carbocycles. The third-order valence-electron chi connectivity index (χ3n) is 3.91. The zero-order valence-corrected chi connectivity index (χ0v) is 14.5. The Bertz CT molecular complexity index is 833. The Morgan fingerprint density at radius 2 is 1.84 bits per heavy atom. The standard InChI is InChI=1S/C21H22N2O2/c1-15(2)14-18(16-8-4-3-5-9-16)22-20(24)12-13-21-23-17-10-6-7-11-19(17)25-21/h3-13,15,18H,14H2,1-2H3,(H,22,24)/b13-12+. The lowest BCUT2D eigenvalue weighted by atomic mass is 9.97. The normalized spacial score (nSPS) is 12.8. The van der Waals surface area contributed by atoms with Crippen LogP contribution in [-0.4, -0.2) is 10.9 Å². The monoisotopic (exact) mass is 334 g/mol. The Kier molecular flexibility index (Phi) is 5.29. The summed E-state index contributed by atoms with van der Waals surface area (Å²) in [5, 5.41) is 3.07. The molecule has 0 aliphatic heterocycles. The van der Waals surface area contributed by atoms with E-state index in [9.17, 15) is 4.79 Å². The van der Waals surface area contributed by atoms with Crippen molar-refractivity contribution in [3.05, 3.63) is 72.1 Å². The van der Waals surface area contributed by atoms with Crippen molar-refractivity contribution in [1.82, 2.24) is 10.3 Å². The number of nitrogens with one attached hydrogen (secondary N) is 1. The summed E-state index contributed by atoms with van der Waals surface area (Å²) >= 11 is 0. The van der Waals surface area contributed by atoms with Gasteiger partial charge in [0.25, 0.3) is 0 Å². The molecule has 25 heavy (non-hydrogen) atoms. The highest BCUT2D eigenvalue weighted by Crippen LogP contribution is 2.21. The van der Waals surface area contributed by atoms with Gasteiger partial charge in [-0.15, -0.1) is 0 Å². The Balaban J connectivity index is 1.70. The second-order valence-corrected chi connectivity index (χ2v) is 6.45. The van der Waals surface area contributed by atoms with Crippen LogP contribution >= 0.6 is 0 Å². The second-order valence-electron chi connectivity index (χ2n) is 6.45. The predicted octanol–water partition coefficient (Wildman–Crippen LogP) is 4.74. The lowest BCUT2D eigenvalue weighted by molar-refractivity contribution is -0.117. The smallest absolute Gasteiger partial charge is 0.244 e. The summed E-state index contributed by atoms with van der Waals surface area (Å²) in [6.07, 6.45) is 3.96. The van der Waals surface area contributed by atoms with Crippen LogP contribution in [0.4, 0.5) is 0 Å². The summed E-state index contributed by atoms with van der Waals surface area (Å²) in [4.78, 5) is 16.7. The average Bonchev–Trinajstić information content (AvgIpc) is 3.03. The Hall–Kier alpha value is -2.88. The van der Waals surface area contributed by atoms with Gasteiger partial charge >= 0.3 is 0 Å². The van der Waals surface area contributed by atoms with E-state index in [0.29, 0.717) is 17.4 Å². The van der Waals surface area contributed by atoms with Crippen LogP contribution in [-0.2, 0) is 4.79 Å². The molecule has 0 aliphatic carbocycles. The van der Waals surface area contributed by atoms with Crippen LogP contribution in [0, 0.1) is 5.92 Å². The fourth-order valence-electron chi connectivity index (χ4n) is 2.76. The maximum absolute atomic E-state index is 12.3. The van der Waals surface area contributed by atoms with Crippen molar-refractivity contribution in [2.75, 3.05) is 0 Å². The van der Waals surface area contributed by atoms with E-state index in [-0.39, 0.29) is 11.9 Å². The average molecular weight is 334 g/mol. The molecule has 4 nitrogen and oxygen atoms in total. The first kappa shape index (κ1) is 17.0. The number of aromatic nitrogens is 1. The summed E-state index contributed by atoms with van der Waals surface area (Å²) < 4.78 is 5.59. The molecule has 0 saturated heterocycles. The van der Waals surface area contributed by atoms with Crippen LogP contribution < -0.4 is 5.32 Å². The molecule has 1 aromatic heterocycles. The summed E-state index contributed by atoms with van der Waals surface area (Å²) in [5.74, 6) is 0.750. The number of fused-ring (bicyclic) bond motifs is 1. The molecular formula is C21H22N2O2. The van der Waals surface area contributed by atoms with Crippen LogP contribution in [0.25, 0.3) is 17.2 Å². The quantitative estimate of drug-likeness (QED) is 0.662. The Labute approximate surface area is 147 Å². The van der Waals surface area contributed by atoms with Gasteiger partial charge in [-0.2, -0.15) is 0 Å². The highest BCUT2D eigenvalue weighted by molar-refractivity contribution is 5.91. The SMILES string of the molecule is CC(C)CC(NC(=O)/C=C/c1nc2ccccc2o1)c1ccccc1. The van der Waals surface area contributed by atoms with E-state index in [2.05, 4.69) is 24.1 Å². The third-order valence-corrected chi connectivity index (χ3v) is 3.91. The number of para-hydroxylation sites is 2. The van der Waals surface area contributed by atoms with E-state index < -0.39 is 0 Å². The molecule has 1 atom stereocenters. The Morgan fingerprint density at radius 3 is 2.56 bits per heavy atom. The van der Waals surface area contributed by atoms with E-state index in [1.807, 2.05) is 54.6 Å². The van der Waals surface area contributed by atoms with Gasteiger partial charge in [-0.3, -0.25) is 4.79 Å². The van der Waals surface area contributed by atoms with Crippen molar-refractivity contribution < 1.29 is 9.21 Å². The Morgan fingerprint density at radius 1 is 1.12 bits per heavy atom. The van der Waals surface area contributed by atoms with E-state index in [1.54, 1.807) is 6.08 Å². The first-order valence-corrected chi connectivity index (χ1v) is 8.51. The number of benzene rings is 2. The van der Waals surface area contributed by atoms with Crippen LogP contribution in [0.15, 0.2) is 65.1 Å². The minimum atomic E-state index is -0.156. The first-order chi connectivity index (χ1) is 12.1. The summed E-state index contributed by atoms with van der Waals surface area (Å²) in [5.41, 5.74) is 2.61. The molecule has 4 heteroatoms. The largest absolute Gasteiger partial charge is 0.437 e. The molecule has 1 amide bonds. The molecule has 0 fully saturated rings. The number of oxazole rings is 1. The van der Waals surface area contributed by atoms with Crippen LogP contribution in [0.5, 0.6) is 0 Å². The predicted molar refractivity (Wildman–Crippen MR) is 99.8 cm³/mol. The summed E-state index contributed by atoms with van der Waals surface area (Å²) in [6, 6.07) is 17.6. The number of carbonyl (C=O) groups is 1. The highest BCUT2D eigenvalue weighted by Gasteiger charge is 2.14. The fourth-order valence-corrected chi connectivity index (χ4v) is 2.76. The highest BCUT2D eigenvalue weighted by atomic mass is 16.3. The molecule has 3 aromatic rings. The van der Waals surface area contributed by atoms with E-state index in [0.717, 1.165) is 17.5 Å². The van der Waals surface area contributed by atoms with Crippen molar-refractivity contribution in [1.29, 1.82) is 0 Å². The molecule has 0 bridgehead atoms. The molecule has 1 N–H and O–H groups in total. The van der Waals surface area contributed by atoms with Gasteiger partial charge in [-0.25, -0.2) is 4.98 Å². The number of hydrogen-bond acceptors (Lipinski definition) is 3. The van der Waals surface area contributed by atoms with E-state index in [1.165, 1.54) is 6.08 Å². The van der Waals surface area contributed by atoms with Crippen LogP contribution in [0.3, 0.4) is 0 Å². The van der Waals surface area contributed by atoms with Gasteiger partial charge in [0.05, 0.1) is 6.04 Å². The minimum Gasteiger partial charge on any atom is -0.437 e. The van der Waals surface area contributed by atoms with Gasteiger partial charge in [-0.05, 0) is 30.0 Å².